The first-order valence-electron chi connectivity index (χ1n) is 9.61. The highest BCUT2D eigenvalue weighted by molar-refractivity contribution is 9.10. The number of aliphatic carboxylic acids is 1. The van der Waals surface area contributed by atoms with Gasteiger partial charge in [-0.15, -0.1) is 0 Å². The molecule has 1 aliphatic heterocycles. The molecule has 2 fully saturated rings. The zero-order valence-corrected chi connectivity index (χ0v) is 18.0. The van der Waals surface area contributed by atoms with E-state index >= 15 is 0 Å². The molecule has 2 aromatic rings. The number of rotatable bonds is 6. The third-order valence-electron chi connectivity index (χ3n) is 5.39. The zero-order valence-electron chi connectivity index (χ0n) is 15.6. The van der Waals surface area contributed by atoms with Crippen molar-refractivity contribution in [2.45, 2.75) is 37.5 Å². The van der Waals surface area contributed by atoms with Crippen molar-refractivity contribution >= 4 is 39.4 Å². The summed E-state index contributed by atoms with van der Waals surface area (Å²) in [6.07, 6.45) is 0.300. The Morgan fingerprint density at radius 3 is 2.52 bits per heavy atom. The number of carbonyl (C=O) groups excluding carboxylic acids is 1. The second-order valence-corrected chi connectivity index (χ2v) is 8.98. The Kier molecular flexibility index (Phi) is 5.95. The molecule has 2 aromatic carbocycles. The fourth-order valence-electron chi connectivity index (χ4n) is 3.83. The largest absolute Gasteiger partial charge is 0.481 e. The molecule has 0 bridgehead atoms. The lowest BCUT2D eigenvalue weighted by atomic mass is 9.91. The molecule has 0 aromatic heterocycles. The first-order chi connectivity index (χ1) is 13.9. The van der Waals surface area contributed by atoms with Crippen LogP contribution in [0, 0.1) is 5.92 Å². The number of amides is 1. The maximum absolute atomic E-state index is 13.2. The third kappa shape index (κ3) is 4.65. The minimum atomic E-state index is -1.05. The number of carboxylic acids is 1. The Balaban J connectivity index is 1.78. The van der Waals surface area contributed by atoms with Crippen molar-refractivity contribution in [2.24, 2.45) is 5.92 Å². The van der Waals surface area contributed by atoms with E-state index in [0.717, 1.165) is 28.4 Å². The maximum Gasteiger partial charge on any atom is 0.306 e. The fourth-order valence-corrected chi connectivity index (χ4v) is 4.29. The smallest absolute Gasteiger partial charge is 0.306 e. The lowest BCUT2D eigenvalue weighted by Crippen LogP contribution is -2.52. The van der Waals surface area contributed by atoms with Crippen molar-refractivity contribution < 1.29 is 19.4 Å². The Labute approximate surface area is 182 Å². The van der Waals surface area contributed by atoms with Gasteiger partial charge in [0.1, 0.15) is 12.2 Å². The molecule has 1 N–H and O–H groups in total. The highest BCUT2D eigenvalue weighted by Gasteiger charge is 2.46. The van der Waals surface area contributed by atoms with E-state index in [2.05, 4.69) is 15.9 Å². The van der Waals surface area contributed by atoms with E-state index in [9.17, 15) is 14.7 Å². The summed E-state index contributed by atoms with van der Waals surface area (Å²) in [5.74, 6) is -0.854. The molecule has 29 heavy (non-hydrogen) atoms. The quantitative estimate of drug-likeness (QED) is 0.635. The van der Waals surface area contributed by atoms with Crippen molar-refractivity contribution in [1.29, 1.82) is 0 Å². The standard InChI is InChI=1S/C22H21BrClNO4/c23-16-8-6-14(7-9-16)20-21(15-2-1-3-17(24)10-15)29-18(11-19(26)27)22(28)25(20)12-13-4-5-13/h1-3,6-10,13,18,20-21H,4-5,11-12H2,(H,26,27)/t18-,20-,21-/m1/s1. The highest BCUT2D eigenvalue weighted by Crippen LogP contribution is 2.45. The number of carbonyl (C=O) groups is 2. The summed E-state index contributed by atoms with van der Waals surface area (Å²) in [7, 11) is 0. The van der Waals surface area contributed by atoms with Crippen LogP contribution in [0.4, 0.5) is 0 Å². The molecule has 1 aliphatic carbocycles. The van der Waals surface area contributed by atoms with Crippen LogP contribution in [-0.4, -0.2) is 34.5 Å². The minimum Gasteiger partial charge on any atom is -0.481 e. The number of ether oxygens (including phenoxy) is 1. The average molecular weight is 479 g/mol. The van der Waals surface area contributed by atoms with E-state index < -0.39 is 18.2 Å². The predicted octanol–water partition coefficient (Wildman–Crippen LogP) is 5.00. The molecule has 1 amide bonds. The van der Waals surface area contributed by atoms with Crippen LogP contribution in [0.25, 0.3) is 0 Å². The van der Waals surface area contributed by atoms with Crippen LogP contribution in [0.2, 0.25) is 5.02 Å². The number of morpholine rings is 1. The molecule has 2 aliphatic rings. The summed E-state index contributed by atoms with van der Waals surface area (Å²) in [5, 5.41) is 9.87. The number of halogens is 2. The number of hydrogen-bond donors (Lipinski definition) is 1. The van der Waals surface area contributed by atoms with E-state index in [4.69, 9.17) is 16.3 Å². The molecule has 1 saturated heterocycles. The Bertz CT molecular complexity index is 915. The summed E-state index contributed by atoms with van der Waals surface area (Å²) in [6.45, 7) is 0.607. The van der Waals surface area contributed by atoms with Crippen LogP contribution < -0.4 is 0 Å². The molecule has 4 rings (SSSR count). The van der Waals surface area contributed by atoms with Crippen molar-refractivity contribution in [2.75, 3.05) is 6.54 Å². The van der Waals surface area contributed by atoms with Crippen molar-refractivity contribution in [3.8, 4) is 0 Å². The van der Waals surface area contributed by atoms with Gasteiger partial charge < -0.3 is 14.7 Å². The van der Waals surface area contributed by atoms with E-state index in [1.165, 1.54) is 0 Å². The van der Waals surface area contributed by atoms with Crippen LogP contribution in [0.1, 0.15) is 42.5 Å². The van der Waals surface area contributed by atoms with Crippen molar-refractivity contribution in [1.82, 2.24) is 4.90 Å². The number of benzene rings is 2. The predicted molar refractivity (Wildman–Crippen MR) is 113 cm³/mol. The summed E-state index contributed by atoms with van der Waals surface area (Å²) in [4.78, 5) is 26.4. The van der Waals surface area contributed by atoms with E-state index in [1.807, 2.05) is 47.4 Å². The van der Waals surface area contributed by atoms with Crippen molar-refractivity contribution in [3.63, 3.8) is 0 Å². The third-order valence-corrected chi connectivity index (χ3v) is 6.16. The molecular formula is C22H21BrClNO4. The number of hydrogen-bond acceptors (Lipinski definition) is 3. The van der Waals surface area contributed by atoms with Gasteiger partial charge in [0.15, 0.2) is 0 Å². The Morgan fingerprint density at radius 2 is 1.90 bits per heavy atom. The normalized spacial score (nSPS) is 24.6. The van der Waals surface area contributed by atoms with Gasteiger partial charge in [-0.25, -0.2) is 0 Å². The lowest BCUT2D eigenvalue weighted by molar-refractivity contribution is -0.179. The Morgan fingerprint density at radius 1 is 1.17 bits per heavy atom. The molecule has 1 saturated carbocycles. The topological polar surface area (TPSA) is 66.8 Å². The molecular weight excluding hydrogens is 458 g/mol. The van der Waals surface area contributed by atoms with Crippen molar-refractivity contribution in [3.05, 3.63) is 69.2 Å². The SMILES string of the molecule is O=C(O)C[C@H]1O[C@H](c2cccc(Cl)c2)[C@@H](c2ccc(Br)cc2)N(CC2CC2)C1=O. The van der Waals surface area contributed by atoms with Gasteiger partial charge in [0.05, 0.1) is 12.5 Å². The van der Waals surface area contributed by atoms with Gasteiger partial charge in [0.2, 0.25) is 0 Å². The van der Waals surface area contributed by atoms with Gasteiger partial charge in [0.25, 0.3) is 5.91 Å². The van der Waals surface area contributed by atoms with Gasteiger partial charge in [-0.1, -0.05) is 51.8 Å². The average Bonchev–Trinajstić information content (AvgIpc) is 3.49. The molecule has 0 spiro atoms. The Hall–Kier alpha value is -1.89. The highest BCUT2D eigenvalue weighted by atomic mass is 79.9. The molecule has 3 atom stereocenters. The van der Waals surface area contributed by atoms with Crippen LogP contribution in [0.5, 0.6) is 0 Å². The van der Waals surface area contributed by atoms with E-state index in [1.54, 1.807) is 6.07 Å². The summed E-state index contributed by atoms with van der Waals surface area (Å²) < 4.78 is 7.08. The number of carboxylic acid groups (broad SMARTS) is 1. The van der Waals surface area contributed by atoms with Gasteiger partial charge in [-0.05, 0) is 54.2 Å². The van der Waals surface area contributed by atoms with Gasteiger partial charge >= 0.3 is 5.97 Å². The monoisotopic (exact) mass is 477 g/mol. The first-order valence-corrected chi connectivity index (χ1v) is 10.8. The summed E-state index contributed by atoms with van der Waals surface area (Å²) in [6, 6.07) is 14.8. The molecule has 5 nitrogen and oxygen atoms in total. The van der Waals surface area contributed by atoms with Crippen LogP contribution in [0.15, 0.2) is 53.0 Å². The maximum atomic E-state index is 13.2. The van der Waals surface area contributed by atoms with E-state index in [-0.39, 0.29) is 18.4 Å². The fraction of sp³-hybridized carbons (Fsp3) is 0.364. The van der Waals surface area contributed by atoms with E-state index in [0.29, 0.717) is 17.5 Å². The molecule has 1 heterocycles. The van der Waals surface area contributed by atoms with Gasteiger partial charge in [0, 0.05) is 16.0 Å². The zero-order chi connectivity index (χ0) is 20.5. The van der Waals surface area contributed by atoms with Crippen LogP contribution in [0.3, 0.4) is 0 Å². The summed E-state index contributed by atoms with van der Waals surface area (Å²) >= 11 is 9.68. The lowest BCUT2D eigenvalue weighted by Gasteiger charge is -2.45. The molecule has 0 radical (unpaired) electrons. The molecule has 0 unspecified atom stereocenters. The van der Waals surface area contributed by atoms with Crippen LogP contribution in [-0.2, 0) is 14.3 Å². The second kappa shape index (κ2) is 8.46. The van der Waals surface area contributed by atoms with Gasteiger partial charge in [-0.3, -0.25) is 9.59 Å². The number of nitrogens with zero attached hydrogens (tertiary/aromatic N) is 1. The summed E-state index contributed by atoms with van der Waals surface area (Å²) in [5.41, 5.74) is 1.77. The molecule has 7 heteroatoms. The van der Waals surface area contributed by atoms with Crippen LogP contribution >= 0.6 is 27.5 Å². The van der Waals surface area contributed by atoms with Gasteiger partial charge in [-0.2, -0.15) is 0 Å². The molecule has 152 valence electrons. The second-order valence-electron chi connectivity index (χ2n) is 7.63. The first kappa shape index (κ1) is 20.4. The minimum absolute atomic E-state index is 0.259.